The Morgan fingerprint density at radius 2 is 2.08 bits per heavy atom. The number of amides is 1. The monoisotopic (exact) mass is 388 g/mol. The molecule has 126 valence electrons. The van der Waals surface area contributed by atoms with Crippen LogP contribution in [0.1, 0.15) is 34.6 Å². The quantitative estimate of drug-likeness (QED) is 0.859. The van der Waals surface area contributed by atoms with Crippen LogP contribution in [-0.2, 0) is 12.8 Å². The summed E-state index contributed by atoms with van der Waals surface area (Å²) in [6.07, 6.45) is 4.05. The molecule has 0 radical (unpaired) electrons. The Kier molecular flexibility index (Phi) is 4.41. The molecule has 0 spiro atoms. The largest absolute Gasteiger partial charge is 0.336 e. The van der Waals surface area contributed by atoms with Crippen LogP contribution in [0.2, 0.25) is 0 Å². The van der Waals surface area contributed by atoms with E-state index in [2.05, 4.69) is 27.3 Å². The molecule has 1 N–H and O–H groups in total. The van der Waals surface area contributed by atoms with Crippen molar-refractivity contribution >= 4 is 21.8 Å². The maximum absolute atomic E-state index is 13.0. The van der Waals surface area contributed by atoms with E-state index in [1.807, 2.05) is 27.8 Å². The molecule has 5 nitrogen and oxygen atoms in total. The molecule has 2 aliphatic rings. The zero-order valence-electron chi connectivity index (χ0n) is 13.6. The molecule has 1 aromatic heterocycles. The van der Waals surface area contributed by atoms with Crippen LogP contribution in [0.15, 0.2) is 28.7 Å². The first kappa shape index (κ1) is 15.8. The molecule has 1 amide bonds. The zero-order valence-corrected chi connectivity index (χ0v) is 15.2. The molecule has 1 aliphatic carbocycles. The summed E-state index contributed by atoms with van der Waals surface area (Å²) in [5, 5.41) is 8.08. The van der Waals surface area contributed by atoms with Crippen LogP contribution in [0.3, 0.4) is 0 Å². The summed E-state index contributed by atoms with van der Waals surface area (Å²) >= 11 is 3.52. The van der Waals surface area contributed by atoms with Gasteiger partial charge in [-0.15, -0.1) is 0 Å². The number of benzene rings is 1. The van der Waals surface area contributed by atoms with Gasteiger partial charge in [-0.3, -0.25) is 4.79 Å². The van der Waals surface area contributed by atoms with E-state index >= 15 is 0 Å². The van der Waals surface area contributed by atoms with Gasteiger partial charge in [-0.1, -0.05) is 22.0 Å². The van der Waals surface area contributed by atoms with Crippen molar-refractivity contribution in [2.24, 2.45) is 0 Å². The predicted octanol–water partition coefficient (Wildman–Crippen LogP) is 2.56. The van der Waals surface area contributed by atoms with Gasteiger partial charge in [0.15, 0.2) is 5.69 Å². The molecule has 4 rings (SSSR count). The lowest BCUT2D eigenvalue weighted by Crippen LogP contribution is -2.35. The molecular weight excluding hydrogens is 368 g/mol. The number of nitrogens with zero attached hydrogens (tertiary/aromatic N) is 3. The standard InChI is InChI=1S/C18H21BrN4O/c19-13-4-1-5-14(12-13)23-16-7-2-6-15(16)17(21-23)18(24)22-10-3-8-20-9-11-22/h1,4-5,12,20H,2-3,6-11H2. The number of carbonyl (C=O) groups is 1. The summed E-state index contributed by atoms with van der Waals surface area (Å²) in [6, 6.07) is 8.10. The van der Waals surface area contributed by atoms with Crippen molar-refractivity contribution in [3.63, 3.8) is 0 Å². The maximum Gasteiger partial charge on any atom is 0.274 e. The van der Waals surface area contributed by atoms with Crippen molar-refractivity contribution in [2.45, 2.75) is 25.7 Å². The first-order valence-corrected chi connectivity index (χ1v) is 9.40. The average molecular weight is 389 g/mol. The van der Waals surface area contributed by atoms with Gasteiger partial charge in [0.05, 0.1) is 5.69 Å². The Labute approximate surface area is 150 Å². The molecule has 0 saturated carbocycles. The van der Waals surface area contributed by atoms with E-state index in [0.29, 0.717) is 5.69 Å². The Balaban J connectivity index is 1.72. The zero-order chi connectivity index (χ0) is 16.5. The minimum atomic E-state index is 0.0885. The van der Waals surface area contributed by atoms with E-state index in [1.165, 1.54) is 5.69 Å². The van der Waals surface area contributed by atoms with Gasteiger partial charge in [0.2, 0.25) is 0 Å². The molecule has 1 aromatic carbocycles. The van der Waals surface area contributed by atoms with Gasteiger partial charge in [0, 0.05) is 35.4 Å². The molecule has 1 fully saturated rings. The topological polar surface area (TPSA) is 50.2 Å². The highest BCUT2D eigenvalue weighted by Crippen LogP contribution is 2.29. The van der Waals surface area contributed by atoms with Gasteiger partial charge in [-0.05, 0) is 50.4 Å². The van der Waals surface area contributed by atoms with Gasteiger partial charge in [-0.2, -0.15) is 5.10 Å². The third kappa shape index (κ3) is 2.89. The van der Waals surface area contributed by atoms with Crippen molar-refractivity contribution in [1.82, 2.24) is 20.0 Å². The Morgan fingerprint density at radius 3 is 2.96 bits per heavy atom. The number of carbonyl (C=O) groups excluding carboxylic acids is 1. The van der Waals surface area contributed by atoms with Gasteiger partial charge < -0.3 is 10.2 Å². The minimum absolute atomic E-state index is 0.0885. The van der Waals surface area contributed by atoms with Crippen LogP contribution in [0, 0.1) is 0 Å². The highest BCUT2D eigenvalue weighted by Gasteiger charge is 2.29. The summed E-state index contributed by atoms with van der Waals surface area (Å²) in [6.45, 7) is 3.41. The molecule has 0 unspecified atom stereocenters. The van der Waals surface area contributed by atoms with Crippen LogP contribution in [0.25, 0.3) is 5.69 Å². The lowest BCUT2D eigenvalue weighted by atomic mass is 10.2. The normalized spacial score (nSPS) is 17.6. The van der Waals surface area contributed by atoms with E-state index in [1.54, 1.807) is 0 Å². The van der Waals surface area contributed by atoms with E-state index in [4.69, 9.17) is 5.10 Å². The molecule has 1 saturated heterocycles. The number of aromatic nitrogens is 2. The number of fused-ring (bicyclic) bond motifs is 1. The van der Waals surface area contributed by atoms with Crippen molar-refractivity contribution in [2.75, 3.05) is 26.2 Å². The minimum Gasteiger partial charge on any atom is -0.336 e. The number of rotatable bonds is 2. The third-order valence-electron chi connectivity index (χ3n) is 4.81. The molecule has 6 heteroatoms. The fourth-order valence-corrected chi connectivity index (χ4v) is 4.02. The van der Waals surface area contributed by atoms with E-state index in [-0.39, 0.29) is 5.91 Å². The molecule has 2 heterocycles. The van der Waals surface area contributed by atoms with Crippen molar-refractivity contribution < 1.29 is 4.79 Å². The third-order valence-corrected chi connectivity index (χ3v) is 5.31. The van der Waals surface area contributed by atoms with Gasteiger partial charge in [-0.25, -0.2) is 4.68 Å². The second-order valence-corrected chi connectivity index (χ2v) is 7.33. The average Bonchev–Trinajstić information content (AvgIpc) is 3.07. The van der Waals surface area contributed by atoms with Gasteiger partial charge in [0.1, 0.15) is 0 Å². The first-order chi connectivity index (χ1) is 11.7. The molecule has 1 aliphatic heterocycles. The van der Waals surface area contributed by atoms with Crippen molar-refractivity contribution in [3.05, 3.63) is 45.7 Å². The summed E-state index contributed by atoms with van der Waals surface area (Å²) in [4.78, 5) is 15.0. The lowest BCUT2D eigenvalue weighted by molar-refractivity contribution is 0.0759. The summed E-state index contributed by atoms with van der Waals surface area (Å²) < 4.78 is 2.99. The Morgan fingerprint density at radius 1 is 1.17 bits per heavy atom. The smallest absolute Gasteiger partial charge is 0.274 e. The second kappa shape index (κ2) is 6.69. The number of halogens is 1. The number of hydrogen-bond acceptors (Lipinski definition) is 3. The maximum atomic E-state index is 13.0. The highest BCUT2D eigenvalue weighted by atomic mass is 79.9. The van der Waals surface area contributed by atoms with Crippen LogP contribution in [-0.4, -0.2) is 46.8 Å². The molecule has 24 heavy (non-hydrogen) atoms. The fourth-order valence-electron chi connectivity index (χ4n) is 3.63. The Bertz CT molecular complexity index is 762. The number of hydrogen-bond donors (Lipinski definition) is 1. The van der Waals surface area contributed by atoms with Crippen LogP contribution in [0.4, 0.5) is 0 Å². The van der Waals surface area contributed by atoms with Gasteiger partial charge >= 0.3 is 0 Å². The van der Waals surface area contributed by atoms with E-state index in [9.17, 15) is 4.79 Å². The summed E-state index contributed by atoms with van der Waals surface area (Å²) in [7, 11) is 0. The SMILES string of the molecule is O=C(c1nn(-c2cccc(Br)c2)c2c1CCC2)N1CCCNCC1. The van der Waals surface area contributed by atoms with Gasteiger partial charge in [0.25, 0.3) is 5.91 Å². The second-order valence-electron chi connectivity index (χ2n) is 6.41. The molecule has 0 atom stereocenters. The van der Waals surface area contributed by atoms with Crippen molar-refractivity contribution in [3.8, 4) is 5.69 Å². The fraction of sp³-hybridized carbons (Fsp3) is 0.444. The van der Waals surface area contributed by atoms with Crippen LogP contribution < -0.4 is 5.32 Å². The highest BCUT2D eigenvalue weighted by molar-refractivity contribution is 9.10. The molecule has 0 bridgehead atoms. The predicted molar refractivity (Wildman–Crippen MR) is 96.7 cm³/mol. The van der Waals surface area contributed by atoms with E-state index in [0.717, 1.165) is 67.6 Å². The number of nitrogens with one attached hydrogen (secondary N) is 1. The summed E-state index contributed by atoms with van der Waals surface area (Å²) in [5.41, 5.74) is 4.02. The first-order valence-electron chi connectivity index (χ1n) is 8.61. The summed E-state index contributed by atoms with van der Waals surface area (Å²) in [5.74, 6) is 0.0885. The van der Waals surface area contributed by atoms with E-state index < -0.39 is 0 Å². The molecular formula is C18H21BrN4O. The molecule has 2 aromatic rings. The van der Waals surface area contributed by atoms with Crippen LogP contribution in [0.5, 0.6) is 0 Å². The van der Waals surface area contributed by atoms with Crippen molar-refractivity contribution in [1.29, 1.82) is 0 Å². The van der Waals surface area contributed by atoms with Crippen LogP contribution >= 0.6 is 15.9 Å². The Hall–Kier alpha value is -1.66. The lowest BCUT2D eigenvalue weighted by Gasteiger charge is -2.19.